The highest BCUT2D eigenvalue weighted by Crippen LogP contribution is 2.66. The van der Waals surface area contributed by atoms with Crippen LogP contribution in [0.3, 0.4) is 0 Å². The van der Waals surface area contributed by atoms with Crippen molar-refractivity contribution >= 4 is 66.1 Å². The molecule has 4 bridgehead atoms. The quantitative estimate of drug-likeness (QED) is 0.406. The number of carbonyl (C=O) groups is 5. The molecule has 156 valence electrons. The minimum absolute atomic E-state index is 0.0402. The first-order chi connectivity index (χ1) is 13.4. The van der Waals surface area contributed by atoms with Gasteiger partial charge in [-0.2, -0.15) is 0 Å². The van der Waals surface area contributed by atoms with Crippen molar-refractivity contribution in [3.8, 4) is 0 Å². The molecule has 4 heterocycles. The normalized spacial score (nSPS) is 29.9. The largest absolute Gasteiger partial charge is 0.469 e. The van der Waals surface area contributed by atoms with Crippen LogP contribution < -0.4 is 0 Å². The summed E-state index contributed by atoms with van der Waals surface area (Å²) in [6.07, 6.45) is 4.05. The molecule has 4 aliphatic rings. The molecule has 4 saturated heterocycles. The van der Waals surface area contributed by atoms with Crippen molar-refractivity contribution < 1.29 is 33.4 Å². The molecule has 4 aliphatic heterocycles. The molecule has 0 aliphatic carbocycles. The van der Waals surface area contributed by atoms with Gasteiger partial charge in [-0.15, -0.1) is 35.3 Å². The molecule has 0 aromatic rings. The second-order valence-electron chi connectivity index (χ2n) is 6.97. The molecule has 28 heavy (non-hydrogen) atoms. The Kier molecular flexibility index (Phi) is 8.44. The molecule has 0 saturated carbocycles. The molecular formula is C18H24O7S3. The van der Waals surface area contributed by atoms with E-state index in [9.17, 15) is 24.0 Å². The van der Waals surface area contributed by atoms with Crippen LogP contribution >= 0.6 is 35.3 Å². The van der Waals surface area contributed by atoms with Gasteiger partial charge in [0.2, 0.25) is 0 Å². The smallest absolute Gasteiger partial charge is 0.313 e. The van der Waals surface area contributed by atoms with E-state index in [2.05, 4.69) is 40.0 Å². The van der Waals surface area contributed by atoms with Crippen LogP contribution in [0.1, 0.15) is 38.5 Å². The van der Waals surface area contributed by atoms with Crippen LogP contribution in [0.2, 0.25) is 0 Å². The predicted octanol–water partition coefficient (Wildman–Crippen LogP) is 2.45. The van der Waals surface area contributed by atoms with E-state index in [0.717, 1.165) is 26.4 Å². The van der Waals surface area contributed by atoms with Gasteiger partial charge in [-0.3, -0.25) is 9.59 Å². The summed E-state index contributed by atoms with van der Waals surface area (Å²) >= 11 is 6.16. The standard InChI is InChI=1S/C9H12O5.C9H12O2S3/c1-14-8(13)9(2-5-10,3-6-11)4-7-12;1-11-8(10)9-2-5-12-6(3-9)14-7(4-9)13-5/h2*5-7H,2-4H2,1H3. The summed E-state index contributed by atoms with van der Waals surface area (Å²) in [6, 6.07) is 0. The third-order valence-electron chi connectivity index (χ3n) is 5.24. The summed E-state index contributed by atoms with van der Waals surface area (Å²) in [5.41, 5.74) is -1.42. The zero-order valence-corrected chi connectivity index (χ0v) is 18.2. The van der Waals surface area contributed by atoms with Gasteiger partial charge in [-0.1, -0.05) is 0 Å². The minimum Gasteiger partial charge on any atom is -0.469 e. The van der Waals surface area contributed by atoms with E-state index in [-0.39, 0.29) is 30.6 Å². The topological polar surface area (TPSA) is 104 Å². The van der Waals surface area contributed by atoms with Gasteiger partial charge in [0.1, 0.15) is 18.9 Å². The van der Waals surface area contributed by atoms with Gasteiger partial charge in [-0.05, 0) is 19.3 Å². The molecule has 0 spiro atoms. The average molecular weight is 449 g/mol. The maximum absolute atomic E-state index is 11.8. The third kappa shape index (κ3) is 4.94. The first-order valence-corrected chi connectivity index (χ1v) is 11.7. The number of ether oxygens (including phenoxy) is 2. The highest BCUT2D eigenvalue weighted by molar-refractivity contribution is 8.33. The Morgan fingerprint density at radius 3 is 1.54 bits per heavy atom. The molecule has 7 nitrogen and oxygen atoms in total. The molecule has 0 aromatic carbocycles. The van der Waals surface area contributed by atoms with Crippen LogP contribution in [-0.4, -0.2) is 58.8 Å². The third-order valence-corrected chi connectivity index (χ3v) is 10.1. The van der Waals surface area contributed by atoms with Crippen LogP contribution in [-0.2, 0) is 33.4 Å². The summed E-state index contributed by atoms with van der Waals surface area (Å²) in [5, 5.41) is 0. The fourth-order valence-electron chi connectivity index (χ4n) is 3.76. The Bertz CT molecular complexity index is 560. The highest BCUT2D eigenvalue weighted by Gasteiger charge is 2.57. The summed E-state index contributed by atoms with van der Waals surface area (Å²) in [6.45, 7) is 0. The summed E-state index contributed by atoms with van der Waals surface area (Å²) in [4.78, 5) is 54.2. The second kappa shape index (κ2) is 10.2. The zero-order chi connectivity index (χ0) is 20.8. The van der Waals surface area contributed by atoms with Crippen molar-refractivity contribution in [1.29, 1.82) is 0 Å². The number of methoxy groups -OCH3 is 2. The molecule has 10 heteroatoms. The second-order valence-corrected chi connectivity index (χ2v) is 12.1. The van der Waals surface area contributed by atoms with E-state index in [4.69, 9.17) is 4.74 Å². The van der Waals surface area contributed by atoms with Crippen LogP contribution in [0.5, 0.6) is 0 Å². The van der Waals surface area contributed by atoms with Crippen LogP contribution in [0.4, 0.5) is 0 Å². The Hall–Kier alpha value is -1.00. The fourth-order valence-corrected chi connectivity index (χ4v) is 11.1. The average Bonchev–Trinajstić information content (AvgIpc) is 2.66. The molecule has 0 atom stereocenters. The van der Waals surface area contributed by atoms with Gasteiger partial charge in [0.25, 0.3) is 0 Å². The SMILES string of the molecule is COC(=O)C(CC=O)(CC=O)CC=O.COC(=O)C12CC3SC(C1)SC(C2)S3. The first-order valence-electron chi connectivity index (χ1n) is 8.83. The lowest BCUT2D eigenvalue weighted by molar-refractivity contribution is -0.156. The van der Waals surface area contributed by atoms with Gasteiger partial charge in [0.05, 0.1) is 38.8 Å². The first kappa shape index (κ1) is 23.3. The summed E-state index contributed by atoms with van der Waals surface area (Å²) in [7, 11) is 2.67. The Morgan fingerprint density at radius 2 is 1.25 bits per heavy atom. The van der Waals surface area contributed by atoms with Crippen LogP contribution in [0.25, 0.3) is 0 Å². The molecule has 0 unspecified atom stereocenters. The van der Waals surface area contributed by atoms with E-state index in [0.29, 0.717) is 32.6 Å². The van der Waals surface area contributed by atoms with Crippen molar-refractivity contribution in [1.82, 2.24) is 0 Å². The molecule has 0 radical (unpaired) electrons. The molecule has 0 amide bonds. The number of hydrogen-bond donors (Lipinski definition) is 0. The molecule has 0 aromatic heterocycles. The lowest BCUT2D eigenvalue weighted by atomic mass is 9.78. The van der Waals surface area contributed by atoms with Gasteiger partial charge < -0.3 is 23.9 Å². The zero-order valence-electron chi connectivity index (χ0n) is 15.8. The minimum atomic E-state index is -1.31. The highest BCUT2D eigenvalue weighted by atomic mass is 32.3. The Labute approximate surface area is 176 Å². The number of rotatable bonds is 8. The fraction of sp³-hybridized carbons (Fsp3) is 0.722. The number of carbonyl (C=O) groups excluding carboxylic acids is 5. The number of thioether (sulfide) groups is 3. The van der Waals surface area contributed by atoms with E-state index in [1.54, 1.807) is 0 Å². The van der Waals surface area contributed by atoms with E-state index in [1.165, 1.54) is 7.11 Å². The van der Waals surface area contributed by atoms with Gasteiger partial charge in [0, 0.05) is 19.3 Å². The van der Waals surface area contributed by atoms with Gasteiger partial charge in [0.15, 0.2) is 0 Å². The van der Waals surface area contributed by atoms with Gasteiger partial charge >= 0.3 is 11.9 Å². The number of esters is 2. The van der Waals surface area contributed by atoms with E-state index >= 15 is 0 Å². The predicted molar refractivity (Wildman–Crippen MR) is 109 cm³/mol. The van der Waals surface area contributed by atoms with Crippen molar-refractivity contribution in [2.75, 3.05) is 14.2 Å². The maximum Gasteiger partial charge on any atom is 0.313 e. The van der Waals surface area contributed by atoms with Crippen LogP contribution in [0.15, 0.2) is 0 Å². The summed E-state index contributed by atoms with van der Waals surface area (Å²) in [5.74, 6) is -0.665. The Balaban J connectivity index is 0.000000200. The lowest BCUT2D eigenvalue weighted by Crippen LogP contribution is -2.49. The monoisotopic (exact) mass is 448 g/mol. The van der Waals surface area contributed by atoms with Crippen LogP contribution in [0, 0.1) is 10.8 Å². The molecule has 4 rings (SSSR count). The van der Waals surface area contributed by atoms with Crippen molar-refractivity contribution in [2.45, 2.75) is 52.3 Å². The summed E-state index contributed by atoms with van der Waals surface area (Å²) < 4.78 is 11.4. The van der Waals surface area contributed by atoms with Gasteiger partial charge in [-0.25, -0.2) is 0 Å². The van der Waals surface area contributed by atoms with E-state index in [1.807, 2.05) is 0 Å². The number of hydrogen-bond acceptors (Lipinski definition) is 10. The molecular weight excluding hydrogens is 424 g/mol. The van der Waals surface area contributed by atoms with E-state index < -0.39 is 11.4 Å². The van der Waals surface area contributed by atoms with Crippen molar-refractivity contribution in [2.24, 2.45) is 10.8 Å². The molecule has 4 fully saturated rings. The Morgan fingerprint density at radius 1 is 0.857 bits per heavy atom. The van der Waals surface area contributed by atoms with Crippen molar-refractivity contribution in [3.63, 3.8) is 0 Å². The molecule has 0 N–H and O–H groups in total. The number of aldehydes is 3. The maximum atomic E-state index is 11.8. The van der Waals surface area contributed by atoms with Crippen molar-refractivity contribution in [3.05, 3.63) is 0 Å². The lowest BCUT2D eigenvalue weighted by Gasteiger charge is -2.53.